The van der Waals surface area contributed by atoms with Crippen LogP contribution in [0, 0.1) is 11.8 Å². The predicted molar refractivity (Wildman–Crippen MR) is 60.6 cm³/mol. The van der Waals surface area contributed by atoms with Gasteiger partial charge in [0.05, 0.1) is 5.69 Å². The monoisotopic (exact) mass is 196 g/mol. The summed E-state index contributed by atoms with van der Waals surface area (Å²) >= 11 is 0. The van der Waals surface area contributed by atoms with Gasteiger partial charge in [-0.2, -0.15) is 0 Å². The van der Waals surface area contributed by atoms with E-state index in [0.717, 1.165) is 11.8 Å². The Morgan fingerprint density at radius 3 is 2.80 bits per heavy atom. The van der Waals surface area contributed by atoms with Gasteiger partial charge in [0.1, 0.15) is 0 Å². The molecular weight excluding hydrogens is 182 g/mol. The van der Waals surface area contributed by atoms with Crippen molar-refractivity contribution >= 4 is 11.3 Å². The van der Waals surface area contributed by atoms with Gasteiger partial charge in [-0.05, 0) is 49.2 Å². The molecule has 0 amide bonds. The molecule has 0 saturated heterocycles. The fourth-order valence-corrected chi connectivity index (χ4v) is 3.17. The van der Waals surface area contributed by atoms with Crippen LogP contribution in [-0.2, 0) is 0 Å². The zero-order valence-corrected chi connectivity index (χ0v) is 8.74. The fourth-order valence-electron chi connectivity index (χ4n) is 3.17. The van der Waals surface area contributed by atoms with Gasteiger partial charge in [0, 0.05) is 11.3 Å². The first-order valence-corrected chi connectivity index (χ1v) is 5.97. The van der Waals surface area contributed by atoms with Gasteiger partial charge in [0.15, 0.2) is 0 Å². The van der Waals surface area contributed by atoms with Crippen LogP contribution >= 0.6 is 0 Å². The Morgan fingerprint density at radius 1 is 1.07 bits per heavy atom. The van der Waals surface area contributed by atoms with Crippen LogP contribution in [0.4, 0.5) is 5.69 Å². The maximum Gasteiger partial charge on any atom is 0.0708 e. The number of allylic oxidation sites excluding steroid dienone is 2. The van der Waals surface area contributed by atoms with Crippen LogP contribution in [0.2, 0.25) is 0 Å². The quantitative estimate of drug-likeness (QED) is 0.653. The standard InChI is InChI=1S/C14H14N/c1-2-4-12-11(3-1)14-10(9-5-6-9)7-8-13(14)15-12/h1-4,9-10H,5-8H2. The number of rotatable bonds is 1. The Hall–Kier alpha value is -1.24. The van der Waals surface area contributed by atoms with Gasteiger partial charge in [-0.25, -0.2) is 0 Å². The molecule has 0 N–H and O–H groups in total. The summed E-state index contributed by atoms with van der Waals surface area (Å²) in [5, 5.41) is 4.75. The van der Waals surface area contributed by atoms with Crippen LogP contribution in [0.15, 0.2) is 30.0 Å². The Kier molecular flexibility index (Phi) is 1.41. The van der Waals surface area contributed by atoms with Gasteiger partial charge in [-0.1, -0.05) is 18.2 Å². The van der Waals surface area contributed by atoms with Gasteiger partial charge in [0.25, 0.3) is 0 Å². The highest BCUT2D eigenvalue weighted by Crippen LogP contribution is 2.54. The largest absolute Gasteiger partial charge is 0.253 e. The molecular formula is C14H14N. The van der Waals surface area contributed by atoms with Crippen molar-refractivity contribution in [3.05, 3.63) is 35.5 Å². The third-order valence-electron chi connectivity index (χ3n) is 4.01. The van der Waals surface area contributed by atoms with Crippen molar-refractivity contribution in [2.45, 2.75) is 25.7 Å². The van der Waals surface area contributed by atoms with Gasteiger partial charge in [-0.15, -0.1) is 0 Å². The molecule has 2 aliphatic carbocycles. The van der Waals surface area contributed by atoms with Crippen molar-refractivity contribution < 1.29 is 0 Å². The molecule has 1 heteroatoms. The SMILES string of the molecule is c1ccc2c(c1)[N]C1=C2C(C2CC2)CC1. The van der Waals surface area contributed by atoms with Crippen molar-refractivity contribution in [3.63, 3.8) is 0 Å². The van der Waals surface area contributed by atoms with Crippen molar-refractivity contribution in [1.29, 1.82) is 0 Å². The van der Waals surface area contributed by atoms with E-state index in [1.54, 1.807) is 5.57 Å². The topological polar surface area (TPSA) is 14.1 Å². The number of hydrogen-bond acceptors (Lipinski definition) is 0. The van der Waals surface area contributed by atoms with Crippen LogP contribution in [0.5, 0.6) is 0 Å². The Morgan fingerprint density at radius 2 is 1.93 bits per heavy atom. The summed E-state index contributed by atoms with van der Waals surface area (Å²) in [6, 6.07) is 8.64. The van der Waals surface area contributed by atoms with E-state index in [4.69, 9.17) is 5.32 Å². The van der Waals surface area contributed by atoms with E-state index in [1.807, 2.05) is 0 Å². The Balaban J connectivity index is 1.83. The summed E-state index contributed by atoms with van der Waals surface area (Å²) in [6.45, 7) is 0. The molecule has 3 aliphatic rings. The minimum Gasteiger partial charge on any atom is -0.253 e. The molecule has 1 nitrogen and oxygen atoms in total. The third kappa shape index (κ3) is 1.04. The molecule has 0 spiro atoms. The molecule has 4 rings (SSSR count). The van der Waals surface area contributed by atoms with Crippen LogP contribution in [0.25, 0.3) is 5.57 Å². The average molecular weight is 196 g/mol. The van der Waals surface area contributed by atoms with Crippen LogP contribution in [0.1, 0.15) is 31.2 Å². The normalized spacial score (nSPS) is 27.6. The number of para-hydroxylation sites is 1. The predicted octanol–water partition coefficient (Wildman–Crippen LogP) is 3.47. The second kappa shape index (κ2) is 2.66. The molecule has 1 radical (unpaired) electrons. The van der Waals surface area contributed by atoms with E-state index in [9.17, 15) is 0 Å². The number of nitrogens with zero attached hydrogens (tertiary/aromatic N) is 1. The molecule has 1 saturated carbocycles. The first-order chi connectivity index (χ1) is 7.43. The van der Waals surface area contributed by atoms with E-state index >= 15 is 0 Å². The van der Waals surface area contributed by atoms with Crippen molar-refractivity contribution in [2.75, 3.05) is 0 Å². The van der Waals surface area contributed by atoms with E-state index in [2.05, 4.69) is 24.3 Å². The van der Waals surface area contributed by atoms with Gasteiger partial charge in [-0.3, -0.25) is 5.32 Å². The van der Waals surface area contributed by atoms with E-state index < -0.39 is 0 Å². The molecule has 1 aromatic carbocycles. The molecule has 1 atom stereocenters. The summed E-state index contributed by atoms with van der Waals surface area (Å²) in [6.07, 6.45) is 5.46. The van der Waals surface area contributed by atoms with Crippen molar-refractivity contribution in [1.82, 2.24) is 5.32 Å². The maximum absolute atomic E-state index is 4.75. The highest BCUT2D eigenvalue weighted by molar-refractivity contribution is 5.84. The van der Waals surface area contributed by atoms with E-state index in [0.29, 0.717) is 0 Å². The summed E-state index contributed by atoms with van der Waals surface area (Å²) in [5.41, 5.74) is 5.65. The fraction of sp³-hybridized carbons (Fsp3) is 0.429. The van der Waals surface area contributed by atoms with Gasteiger partial charge >= 0.3 is 0 Å². The summed E-state index contributed by atoms with van der Waals surface area (Å²) in [5.74, 6) is 1.83. The molecule has 0 aromatic heterocycles. The molecule has 0 bridgehead atoms. The summed E-state index contributed by atoms with van der Waals surface area (Å²) in [7, 11) is 0. The number of benzene rings is 1. The first-order valence-electron chi connectivity index (χ1n) is 5.97. The molecule has 75 valence electrons. The Labute approximate surface area is 90.2 Å². The smallest absolute Gasteiger partial charge is 0.0708 e. The van der Waals surface area contributed by atoms with Crippen molar-refractivity contribution in [3.8, 4) is 0 Å². The molecule has 1 aromatic rings. The molecule has 1 aliphatic heterocycles. The second-order valence-corrected chi connectivity index (χ2v) is 4.97. The maximum atomic E-state index is 4.75. The Bertz CT molecular complexity index is 454. The van der Waals surface area contributed by atoms with Crippen molar-refractivity contribution in [2.24, 2.45) is 11.8 Å². The van der Waals surface area contributed by atoms with Gasteiger partial charge < -0.3 is 0 Å². The van der Waals surface area contributed by atoms with Crippen LogP contribution < -0.4 is 5.32 Å². The zero-order chi connectivity index (χ0) is 9.83. The number of fused-ring (bicyclic) bond motifs is 2. The molecule has 1 fully saturated rings. The summed E-state index contributed by atoms with van der Waals surface area (Å²) < 4.78 is 0. The molecule has 15 heavy (non-hydrogen) atoms. The zero-order valence-electron chi connectivity index (χ0n) is 8.74. The first kappa shape index (κ1) is 7.98. The number of hydrogen-bond donors (Lipinski definition) is 0. The van der Waals surface area contributed by atoms with E-state index in [-0.39, 0.29) is 0 Å². The van der Waals surface area contributed by atoms with E-state index in [1.165, 1.54) is 42.6 Å². The lowest BCUT2D eigenvalue weighted by Crippen LogP contribution is -2.00. The lowest BCUT2D eigenvalue weighted by molar-refractivity contribution is 0.565. The minimum absolute atomic E-state index is 0.840. The average Bonchev–Trinajstić information content (AvgIpc) is 2.91. The third-order valence-corrected chi connectivity index (χ3v) is 4.01. The minimum atomic E-state index is 0.840. The molecule has 1 unspecified atom stereocenters. The lowest BCUT2D eigenvalue weighted by atomic mass is 9.91. The highest BCUT2D eigenvalue weighted by Gasteiger charge is 2.41. The summed E-state index contributed by atoms with van der Waals surface area (Å²) in [4.78, 5) is 0. The second-order valence-electron chi connectivity index (χ2n) is 4.97. The van der Waals surface area contributed by atoms with Crippen LogP contribution in [-0.4, -0.2) is 0 Å². The van der Waals surface area contributed by atoms with Gasteiger partial charge in [0.2, 0.25) is 0 Å². The lowest BCUT2D eigenvalue weighted by Gasteiger charge is -2.12. The van der Waals surface area contributed by atoms with Crippen LogP contribution in [0.3, 0.4) is 0 Å². The molecule has 1 heterocycles. The highest BCUT2D eigenvalue weighted by atomic mass is 14.9.